The number of methoxy groups -OCH3 is 2. The molecule has 1 aliphatic heterocycles. The van der Waals surface area contributed by atoms with Gasteiger partial charge in [-0.05, 0) is 48.2 Å². The van der Waals surface area contributed by atoms with Gasteiger partial charge in [0.15, 0.2) is 0 Å². The van der Waals surface area contributed by atoms with Crippen molar-refractivity contribution in [3.63, 3.8) is 0 Å². The number of imide groups is 1. The molecule has 1 fully saturated rings. The normalized spacial score (nSPS) is 15.8. The van der Waals surface area contributed by atoms with Gasteiger partial charge in [0.25, 0.3) is 11.1 Å². The summed E-state index contributed by atoms with van der Waals surface area (Å²) in [6, 6.07) is 11.9. The molecule has 0 radical (unpaired) electrons. The Morgan fingerprint density at radius 3 is 2.56 bits per heavy atom. The van der Waals surface area contributed by atoms with Gasteiger partial charge in [0, 0.05) is 16.7 Å². The summed E-state index contributed by atoms with van der Waals surface area (Å²) in [5.74, 6) is 0.796. The van der Waals surface area contributed by atoms with Gasteiger partial charge in [0.05, 0.1) is 24.8 Å². The van der Waals surface area contributed by atoms with Gasteiger partial charge in [-0.1, -0.05) is 17.7 Å². The molecule has 1 saturated heterocycles. The highest BCUT2D eigenvalue weighted by atomic mass is 35.5. The Hall–Kier alpha value is -2.44. The van der Waals surface area contributed by atoms with Crippen molar-refractivity contribution < 1.29 is 19.1 Å². The van der Waals surface area contributed by atoms with Gasteiger partial charge in [-0.3, -0.25) is 9.59 Å². The second-order valence-electron chi connectivity index (χ2n) is 5.10. The highest BCUT2D eigenvalue weighted by Crippen LogP contribution is 2.37. The molecule has 0 aliphatic carbocycles. The zero-order valence-corrected chi connectivity index (χ0v) is 15.1. The Bertz CT molecular complexity index is 881. The maximum absolute atomic E-state index is 12.7. The van der Waals surface area contributed by atoms with E-state index < -0.39 is 5.91 Å². The second-order valence-corrected chi connectivity index (χ2v) is 6.53. The average molecular weight is 376 g/mol. The number of thioether (sulfide) groups is 1. The number of halogens is 1. The average Bonchev–Trinajstić information content (AvgIpc) is 2.88. The third-order valence-corrected chi connectivity index (χ3v) is 4.69. The van der Waals surface area contributed by atoms with Gasteiger partial charge in [-0.2, -0.15) is 0 Å². The predicted molar refractivity (Wildman–Crippen MR) is 99.4 cm³/mol. The lowest BCUT2D eigenvalue weighted by atomic mass is 10.1. The number of benzene rings is 2. The van der Waals surface area contributed by atoms with Crippen LogP contribution < -0.4 is 14.4 Å². The molecule has 7 heteroatoms. The van der Waals surface area contributed by atoms with Crippen LogP contribution in [0, 0.1) is 0 Å². The fourth-order valence-electron chi connectivity index (χ4n) is 2.38. The van der Waals surface area contributed by atoms with Gasteiger partial charge in [-0.15, -0.1) is 0 Å². The third-order valence-electron chi connectivity index (χ3n) is 3.59. The van der Waals surface area contributed by atoms with Gasteiger partial charge in [-0.25, -0.2) is 4.90 Å². The van der Waals surface area contributed by atoms with Crippen LogP contribution in [-0.2, 0) is 4.79 Å². The van der Waals surface area contributed by atoms with Crippen molar-refractivity contribution in [1.29, 1.82) is 0 Å². The molecule has 2 aromatic carbocycles. The number of anilines is 1. The van der Waals surface area contributed by atoms with Crippen LogP contribution in [0.4, 0.5) is 10.5 Å². The standard InChI is InChI=1S/C18H14ClNO4S/c1-23-14-7-6-11(15(10-14)24-2)8-16-17(21)20(18(22)25-16)13-5-3-4-12(19)9-13/h3-10H,1-2H3/b16-8+. The first-order valence-corrected chi connectivity index (χ1v) is 8.48. The Labute approximate surface area is 154 Å². The summed E-state index contributed by atoms with van der Waals surface area (Å²) in [5.41, 5.74) is 1.12. The summed E-state index contributed by atoms with van der Waals surface area (Å²) < 4.78 is 10.5. The number of hydrogen-bond donors (Lipinski definition) is 0. The summed E-state index contributed by atoms with van der Waals surface area (Å²) in [6.07, 6.45) is 1.63. The molecule has 0 N–H and O–H groups in total. The zero-order valence-electron chi connectivity index (χ0n) is 13.5. The molecule has 0 aromatic heterocycles. The number of carbonyl (C=O) groups is 2. The molecule has 0 bridgehead atoms. The molecule has 0 spiro atoms. The van der Waals surface area contributed by atoms with Gasteiger partial charge in [0.2, 0.25) is 0 Å². The fourth-order valence-corrected chi connectivity index (χ4v) is 3.40. The van der Waals surface area contributed by atoms with Crippen molar-refractivity contribution in [2.75, 3.05) is 19.1 Å². The van der Waals surface area contributed by atoms with E-state index in [1.54, 1.807) is 55.7 Å². The Morgan fingerprint density at radius 2 is 1.88 bits per heavy atom. The van der Waals surface area contributed by atoms with E-state index in [9.17, 15) is 9.59 Å². The van der Waals surface area contributed by atoms with E-state index in [0.717, 1.165) is 16.7 Å². The highest BCUT2D eigenvalue weighted by Gasteiger charge is 2.36. The molecular formula is C18H14ClNO4S. The third kappa shape index (κ3) is 3.50. The lowest BCUT2D eigenvalue weighted by molar-refractivity contribution is -0.113. The van der Waals surface area contributed by atoms with Gasteiger partial charge < -0.3 is 9.47 Å². The second kappa shape index (κ2) is 7.21. The van der Waals surface area contributed by atoms with Crippen molar-refractivity contribution in [2.24, 2.45) is 0 Å². The van der Waals surface area contributed by atoms with Crippen LogP contribution in [0.25, 0.3) is 6.08 Å². The lowest BCUT2D eigenvalue weighted by Gasteiger charge is -2.12. The molecule has 0 saturated carbocycles. The van der Waals surface area contributed by atoms with Crippen LogP contribution >= 0.6 is 23.4 Å². The van der Waals surface area contributed by atoms with Crippen LogP contribution in [0.15, 0.2) is 47.4 Å². The number of rotatable bonds is 4. The molecule has 128 valence electrons. The van der Waals surface area contributed by atoms with Gasteiger partial charge in [0.1, 0.15) is 11.5 Å². The first kappa shape index (κ1) is 17.4. The summed E-state index contributed by atoms with van der Waals surface area (Å²) in [6.45, 7) is 0. The van der Waals surface area contributed by atoms with E-state index in [1.165, 1.54) is 7.11 Å². The largest absolute Gasteiger partial charge is 0.497 e. The monoisotopic (exact) mass is 375 g/mol. The Morgan fingerprint density at radius 1 is 1.08 bits per heavy atom. The van der Waals surface area contributed by atoms with Crippen LogP contribution in [0.1, 0.15) is 5.56 Å². The van der Waals surface area contributed by atoms with Crippen molar-refractivity contribution in [1.82, 2.24) is 0 Å². The summed E-state index contributed by atoms with van der Waals surface area (Å²) in [7, 11) is 3.09. The minimum atomic E-state index is -0.393. The maximum Gasteiger partial charge on any atom is 0.298 e. The van der Waals surface area contributed by atoms with E-state index in [2.05, 4.69) is 0 Å². The number of ether oxygens (including phenoxy) is 2. The molecule has 0 unspecified atom stereocenters. The molecule has 0 atom stereocenters. The summed E-state index contributed by atoms with van der Waals surface area (Å²) >= 11 is 6.83. The smallest absolute Gasteiger partial charge is 0.298 e. The molecule has 2 amide bonds. The SMILES string of the molecule is COc1ccc(/C=C2/SC(=O)N(c3cccc(Cl)c3)C2=O)c(OC)c1. The van der Waals surface area contributed by atoms with Crippen LogP contribution in [0.5, 0.6) is 11.5 Å². The minimum absolute atomic E-state index is 0.313. The maximum atomic E-state index is 12.7. The lowest BCUT2D eigenvalue weighted by Crippen LogP contribution is -2.27. The first-order chi connectivity index (χ1) is 12.0. The molecule has 1 heterocycles. The Kier molecular flexibility index (Phi) is 5.01. The van der Waals surface area contributed by atoms with E-state index in [1.807, 2.05) is 0 Å². The van der Waals surface area contributed by atoms with E-state index in [0.29, 0.717) is 32.7 Å². The quantitative estimate of drug-likeness (QED) is 0.731. The fraction of sp³-hybridized carbons (Fsp3) is 0.111. The molecule has 5 nitrogen and oxygen atoms in total. The first-order valence-electron chi connectivity index (χ1n) is 7.29. The molecule has 2 aromatic rings. The van der Waals surface area contributed by atoms with E-state index in [4.69, 9.17) is 21.1 Å². The summed E-state index contributed by atoms with van der Waals surface area (Å²) in [4.78, 5) is 26.4. The van der Waals surface area contributed by atoms with Crippen molar-refractivity contribution in [2.45, 2.75) is 0 Å². The summed E-state index contributed by atoms with van der Waals surface area (Å²) in [5, 5.41) is 0.0864. The Balaban J connectivity index is 1.96. The van der Waals surface area contributed by atoms with Crippen LogP contribution in [0.3, 0.4) is 0 Å². The number of carbonyl (C=O) groups excluding carboxylic acids is 2. The van der Waals surface area contributed by atoms with E-state index in [-0.39, 0.29) is 5.24 Å². The van der Waals surface area contributed by atoms with Crippen molar-refractivity contribution >= 4 is 46.3 Å². The topological polar surface area (TPSA) is 55.8 Å². The van der Waals surface area contributed by atoms with Crippen LogP contribution in [-0.4, -0.2) is 25.4 Å². The minimum Gasteiger partial charge on any atom is -0.497 e. The number of nitrogens with zero attached hydrogens (tertiary/aromatic N) is 1. The van der Waals surface area contributed by atoms with Crippen molar-refractivity contribution in [3.05, 3.63) is 58.0 Å². The number of amides is 2. The van der Waals surface area contributed by atoms with Crippen molar-refractivity contribution in [3.8, 4) is 11.5 Å². The highest BCUT2D eigenvalue weighted by molar-refractivity contribution is 8.19. The number of hydrogen-bond acceptors (Lipinski definition) is 5. The molecule has 3 rings (SSSR count). The van der Waals surface area contributed by atoms with E-state index >= 15 is 0 Å². The molecular weight excluding hydrogens is 362 g/mol. The zero-order chi connectivity index (χ0) is 18.0. The molecule has 25 heavy (non-hydrogen) atoms. The molecule has 1 aliphatic rings. The van der Waals surface area contributed by atoms with Crippen LogP contribution in [0.2, 0.25) is 5.02 Å². The van der Waals surface area contributed by atoms with Gasteiger partial charge >= 0.3 is 0 Å². The predicted octanol–water partition coefficient (Wildman–Crippen LogP) is 4.60.